The predicted molar refractivity (Wildman–Crippen MR) is 132 cm³/mol. The quantitative estimate of drug-likeness (QED) is 0.301. The van der Waals surface area contributed by atoms with E-state index >= 15 is 0 Å². The van der Waals surface area contributed by atoms with Crippen LogP contribution >= 0.6 is 11.3 Å². The van der Waals surface area contributed by atoms with Gasteiger partial charge < -0.3 is 10.1 Å². The molecule has 1 N–H and O–H groups in total. The Morgan fingerprint density at radius 2 is 1.75 bits per heavy atom. The van der Waals surface area contributed by atoms with E-state index in [1.807, 2.05) is 92.7 Å². The van der Waals surface area contributed by atoms with Crippen molar-refractivity contribution < 1.29 is 9.53 Å². The van der Waals surface area contributed by atoms with Crippen molar-refractivity contribution in [2.75, 3.05) is 12.4 Å². The maximum atomic E-state index is 13.3. The number of ether oxygens (including phenoxy) is 1. The summed E-state index contributed by atoms with van der Waals surface area (Å²) >= 11 is 1.19. The fourth-order valence-electron chi connectivity index (χ4n) is 3.57. The molecule has 5 nitrogen and oxygen atoms in total. The van der Waals surface area contributed by atoms with E-state index in [0.29, 0.717) is 11.3 Å². The summed E-state index contributed by atoms with van der Waals surface area (Å²) in [6, 6.07) is 22.7. The molecule has 0 fully saturated rings. The SMILES string of the molecule is COc1ccc(/C=C(/C(=O)Nc2ccc3c(c2)sc(=O)n3C(C)C)c2ccccc2)cc1. The molecular formula is C26H24N2O3S. The average molecular weight is 445 g/mol. The van der Waals surface area contributed by atoms with Gasteiger partial charge in [0.1, 0.15) is 5.75 Å². The number of aromatic nitrogens is 1. The van der Waals surface area contributed by atoms with Crippen molar-refractivity contribution in [2.24, 2.45) is 0 Å². The highest BCUT2D eigenvalue weighted by atomic mass is 32.1. The normalized spacial score (nSPS) is 11.7. The summed E-state index contributed by atoms with van der Waals surface area (Å²) in [7, 11) is 1.62. The van der Waals surface area contributed by atoms with Gasteiger partial charge in [0.05, 0.1) is 17.3 Å². The lowest BCUT2D eigenvalue weighted by atomic mass is 10.0. The van der Waals surface area contributed by atoms with Crippen molar-refractivity contribution >= 4 is 44.8 Å². The first-order valence-corrected chi connectivity index (χ1v) is 11.2. The molecule has 3 aromatic carbocycles. The molecule has 162 valence electrons. The molecule has 4 aromatic rings. The van der Waals surface area contributed by atoms with Crippen LogP contribution in [0.5, 0.6) is 5.75 Å². The number of anilines is 1. The molecule has 0 aliphatic rings. The number of nitrogens with one attached hydrogen (secondary N) is 1. The number of carbonyl (C=O) groups excluding carboxylic acids is 1. The van der Waals surface area contributed by atoms with Gasteiger partial charge in [-0.2, -0.15) is 0 Å². The maximum absolute atomic E-state index is 13.3. The molecular weight excluding hydrogens is 420 g/mol. The van der Waals surface area contributed by atoms with E-state index in [2.05, 4.69) is 5.32 Å². The van der Waals surface area contributed by atoms with Crippen LogP contribution < -0.4 is 14.9 Å². The number of amides is 1. The van der Waals surface area contributed by atoms with E-state index in [-0.39, 0.29) is 16.8 Å². The molecule has 4 rings (SSSR count). The second kappa shape index (κ2) is 9.24. The van der Waals surface area contributed by atoms with Gasteiger partial charge in [0, 0.05) is 17.3 Å². The number of thiazole rings is 1. The van der Waals surface area contributed by atoms with E-state index in [9.17, 15) is 9.59 Å². The predicted octanol–water partition coefficient (Wildman–Crippen LogP) is 5.83. The van der Waals surface area contributed by atoms with Crippen LogP contribution in [0, 0.1) is 0 Å². The Kier molecular flexibility index (Phi) is 6.23. The molecule has 1 aromatic heterocycles. The molecule has 0 saturated carbocycles. The maximum Gasteiger partial charge on any atom is 0.308 e. The average Bonchev–Trinajstić information content (AvgIpc) is 3.13. The smallest absolute Gasteiger partial charge is 0.308 e. The van der Waals surface area contributed by atoms with Gasteiger partial charge in [-0.15, -0.1) is 0 Å². The first-order valence-electron chi connectivity index (χ1n) is 10.3. The number of nitrogens with zero attached hydrogens (tertiary/aromatic N) is 1. The third-order valence-corrected chi connectivity index (χ3v) is 6.06. The lowest BCUT2D eigenvalue weighted by Gasteiger charge is -2.11. The second-order valence-electron chi connectivity index (χ2n) is 7.67. The summed E-state index contributed by atoms with van der Waals surface area (Å²) < 4.78 is 7.84. The highest BCUT2D eigenvalue weighted by Gasteiger charge is 2.15. The van der Waals surface area contributed by atoms with E-state index < -0.39 is 0 Å². The molecule has 6 heteroatoms. The third kappa shape index (κ3) is 4.50. The number of rotatable bonds is 6. The minimum atomic E-state index is -0.220. The Morgan fingerprint density at radius 1 is 1.03 bits per heavy atom. The lowest BCUT2D eigenvalue weighted by molar-refractivity contribution is -0.111. The van der Waals surface area contributed by atoms with Gasteiger partial charge in [-0.05, 0) is 61.4 Å². The standard InChI is InChI=1S/C26H24N2O3S/c1-17(2)28-23-14-11-20(16-24(23)32-26(28)30)27-25(29)22(19-7-5-4-6-8-19)15-18-9-12-21(31-3)13-10-18/h4-17H,1-3H3,(H,27,29)/b22-15+. The van der Waals surface area contributed by atoms with Gasteiger partial charge in [-0.25, -0.2) is 0 Å². The number of hydrogen-bond donors (Lipinski definition) is 1. The highest BCUT2D eigenvalue weighted by Crippen LogP contribution is 2.26. The van der Waals surface area contributed by atoms with Gasteiger partial charge in [0.15, 0.2) is 0 Å². The number of methoxy groups -OCH3 is 1. The number of benzene rings is 3. The Balaban J connectivity index is 1.68. The fraction of sp³-hybridized carbons (Fsp3) is 0.154. The van der Waals surface area contributed by atoms with Gasteiger partial charge in [-0.1, -0.05) is 53.8 Å². The molecule has 1 heterocycles. The van der Waals surface area contributed by atoms with Crippen LogP contribution in [0.2, 0.25) is 0 Å². The summed E-state index contributed by atoms with van der Waals surface area (Å²) in [6.07, 6.45) is 1.86. The topological polar surface area (TPSA) is 60.3 Å². The van der Waals surface area contributed by atoms with Crippen LogP contribution in [-0.2, 0) is 4.79 Å². The van der Waals surface area contributed by atoms with Crippen LogP contribution in [0.25, 0.3) is 21.9 Å². The fourth-order valence-corrected chi connectivity index (χ4v) is 4.62. The van der Waals surface area contributed by atoms with Gasteiger partial charge in [0.2, 0.25) is 0 Å². The number of carbonyl (C=O) groups is 1. The lowest BCUT2D eigenvalue weighted by Crippen LogP contribution is -2.15. The molecule has 0 aliphatic carbocycles. The summed E-state index contributed by atoms with van der Waals surface area (Å²) in [5.74, 6) is 0.537. The summed E-state index contributed by atoms with van der Waals surface area (Å²) in [5, 5.41) is 3.00. The summed E-state index contributed by atoms with van der Waals surface area (Å²) in [5.41, 5.74) is 3.78. The first kappa shape index (κ1) is 21.6. The molecule has 0 bridgehead atoms. The largest absolute Gasteiger partial charge is 0.497 e. The van der Waals surface area contributed by atoms with Gasteiger partial charge in [-0.3, -0.25) is 14.2 Å². The molecule has 0 saturated heterocycles. The monoisotopic (exact) mass is 444 g/mol. The van der Waals surface area contributed by atoms with Crippen molar-refractivity contribution in [3.8, 4) is 5.75 Å². The Hall–Kier alpha value is -3.64. The van der Waals surface area contributed by atoms with Crippen LogP contribution in [-0.4, -0.2) is 17.6 Å². The first-order chi connectivity index (χ1) is 15.5. The molecule has 0 aliphatic heterocycles. The molecule has 0 unspecified atom stereocenters. The summed E-state index contributed by atoms with van der Waals surface area (Å²) in [6.45, 7) is 3.97. The van der Waals surface area contributed by atoms with E-state index in [4.69, 9.17) is 4.74 Å². The van der Waals surface area contributed by atoms with E-state index in [0.717, 1.165) is 27.1 Å². The van der Waals surface area contributed by atoms with Crippen LogP contribution in [0.15, 0.2) is 77.6 Å². The zero-order chi connectivity index (χ0) is 22.7. The third-order valence-electron chi connectivity index (χ3n) is 5.14. The Morgan fingerprint density at radius 3 is 2.41 bits per heavy atom. The molecule has 0 atom stereocenters. The van der Waals surface area contributed by atoms with Crippen molar-refractivity contribution in [2.45, 2.75) is 19.9 Å². The highest BCUT2D eigenvalue weighted by molar-refractivity contribution is 7.16. The number of fused-ring (bicyclic) bond motifs is 1. The molecule has 32 heavy (non-hydrogen) atoms. The van der Waals surface area contributed by atoms with Gasteiger partial charge in [0.25, 0.3) is 5.91 Å². The summed E-state index contributed by atoms with van der Waals surface area (Å²) in [4.78, 5) is 25.6. The Labute approximate surface area is 190 Å². The Bertz CT molecular complexity index is 1330. The van der Waals surface area contributed by atoms with E-state index in [1.54, 1.807) is 11.7 Å². The molecule has 0 radical (unpaired) electrons. The zero-order valence-corrected chi connectivity index (χ0v) is 19.0. The number of hydrogen-bond acceptors (Lipinski definition) is 4. The van der Waals surface area contributed by atoms with Crippen molar-refractivity contribution in [1.82, 2.24) is 4.57 Å². The van der Waals surface area contributed by atoms with Crippen molar-refractivity contribution in [1.29, 1.82) is 0 Å². The van der Waals surface area contributed by atoms with E-state index in [1.165, 1.54) is 11.3 Å². The van der Waals surface area contributed by atoms with Crippen molar-refractivity contribution in [3.63, 3.8) is 0 Å². The van der Waals surface area contributed by atoms with Crippen LogP contribution in [0.3, 0.4) is 0 Å². The van der Waals surface area contributed by atoms with Crippen molar-refractivity contribution in [3.05, 3.63) is 93.6 Å². The van der Waals surface area contributed by atoms with Gasteiger partial charge >= 0.3 is 4.87 Å². The zero-order valence-electron chi connectivity index (χ0n) is 18.2. The second-order valence-corrected chi connectivity index (χ2v) is 8.66. The van der Waals surface area contributed by atoms with Crippen LogP contribution in [0.1, 0.15) is 31.0 Å². The molecule has 0 spiro atoms. The minimum Gasteiger partial charge on any atom is -0.497 e. The molecule has 1 amide bonds. The minimum absolute atomic E-state index is 0.00264. The van der Waals surface area contributed by atoms with Crippen LogP contribution in [0.4, 0.5) is 5.69 Å².